The summed E-state index contributed by atoms with van der Waals surface area (Å²) in [6.07, 6.45) is 1.82. The van der Waals surface area contributed by atoms with Crippen molar-refractivity contribution in [2.24, 2.45) is 0 Å². The van der Waals surface area contributed by atoms with Gasteiger partial charge in [0.15, 0.2) is 0 Å². The molecule has 0 bridgehead atoms. The number of aryl methyl sites for hydroxylation is 3. The molecule has 0 atom stereocenters. The number of nitrogens with one attached hydrogen (secondary N) is 2. The molecule has 0 saturated carbocycles. The zero-order chi connectivity index (χ0) is 20.1. The number of anilines is 4. The van der Waals surface area contributed by atoms with E-state index in [1.807, 2.05) is 13.0 Å². The third-order valence-corrected chi connectivity index (χ3v) is 4.47. The highest BCUT2D eigenvalue weighted by Gasteiger charge is 2.10. The molecule has 144 valence electrons. The number of nitrogens with zero attached hydrogens (tertiary/aromatic N) is 2. The number of carbonyl (C=O) groups is 1. The van der Waals surface area contributed by atoms with Crippen LogP contribution in [0.25, 0.3) is 0 Å². The van der Waals surface area contributed by atoms with Crippen LogP contribution in [-0.2, 0) is 12.8 Å². The summed E-state index contributed by atoms with van der Waals surface area (Å²) in [7, 11) is 0. The molecule has 0 aliphatic rings. The van der Waals surface area contributed by atoms with E-state index < -0.39 is 5.97 Å². The summed E-state index contributed by atoms with van der Waals surface area (Å²) in [4.78, 5) is 20.3. The summed E-state index contributed by atoms with van der Waals surface area (Å²) in [5, 5.41) is 15.7. The van der Waals surface area contributed by atoms with Gasteiger partial charge in [0.1, 0.15) is 5.82 Å². The zero-order valence-corrected chi connectivity index (χ0v) is 16.3. The van der Waals surface area contributed by atoms with E-state index in [9.17, 15) is 4.79 Å². The largest absolute Gasteiger partial charge is 0.478 e. The van der Waals surface area contributed by atoms with Gasteiger partial charge in [0.05, 0.1) is 5.56 Å². The molecule has 0 radical (unpaired) electrons. The maximum absolute atomic E-state index is 11.2. The Bertz CT molecular complexity index is 979. The van der Waals surface area contributed by atoms with Gasteiger partial charge in [0, 0.05) is 23.1 Å². The van der Waals surface area contributed by atoms with Gasteiger partial charge in [-0.25, -0.2) is 9.78 Å². The van der Waals surface area contributed by atoms with E-state index in [0.29, 0.717) is 17.5 Å². The molecule has 3 N–H and O–H groups in total. The van der Waals surface area contributed by atoms with Gasteiger partial charge in [-0.15, -0.1) is 0 Å². The lowest BCUT2D eigenvalue weighted by molar-refractivity contribution is 0.0697. The fourth-order valence-corrected chi connectivity index (χ4v) is 3.08. The fourth-order valence-electron chi connectivity index (χ4n) is 3.08. The van der Waals surface area contributed by atoms with Crippen molar-refractivity contribution >= 4 is 29.1 Å². The van der Waals surface area contributed by atoms with Crippen molar-refractivity contribution in [3.63, 3.8) is 0 Å². The van der Waals surface area contributed by atoms with Gasteiger partial charge in [-0.2, -0.15) is 4.98 Å². The average molecular weight is 376 g/mol. The van der Waals surface area contributed by atoms with Gasteiger partial charge < -0.3 is 15.7 Å². The number of aromatic nitrogens is 2. The predicted molar refractivity (Wildman–Crippen MR) is 112 cm³/mol. The summed E-state index contributed by atoms with van der Waals surface area (Å²) in [5.41, 5.74) is 5.17. The lowest BCUT2D eigenvalue weighted by Crippen LogP contribution is -2.06. The highest BCUT2D eigenvalue weighted by molar-refractivity contribution is 5.89. The Labute approximate surface area is 164 Å². The van der Waals surface area contributed by atoms with Crippen LogP contribution in [0.5, 0.6) is 0 Å². The van der Waals surface area contributed by atoms with E-state index in [4.69, 9.17) is 5.11 Å². The highest BCUT2D eigenvalue weighted by Crippen LogP contribution is 2.26. The second-order valence-electron chi connectivity index (χ2n) is 6.51. The molecule has 3 aromatic rings. The van der Waals surface area contributed by atoms with Crippen LogP contribution in [-0.4, -0.2) is 21.0 Å². The monoisotopic (exact) mass is 376 g/mol. The third-order valence-electron chi connectivity index (χ3n) is 4.47. The first kappa shape index (κ1) is 19.4. The van der Waals surface area contributed by atoms with Crippen molar-refractivity contribution < 1.29 is 9.90 Å². The highest BCUT2D eigenvalue weighted by atomic mass is 16.4. The van der Waals surface area contributed by atoms with E-state index >= 15 is 0 Å². The minimum Gasteiger partial charge on any atom is -0.478 e. The van der Waals surface area contributed by atoms with E-state index in [2.05, 4.69) is 52.6 Å². The molecule has 0 aliphatic carbocycles. The molecule has 0 saturated heterocycles. The average Bonchev–Trinajstić information content (AvgIpc) is 2.68. The summed E-state index contributed by atoms with van der Waals surface area (Å²) < 4.78 is 0. The normalized spacial score (nSPS) is 10.5. The number of para-hydroxylation sites is 1. The third kappa shape index (κ3) is 4.46. The molecule has 1 aromatic heterocycles. The fraction of sp³-hybridized carbons (Fsp3) is 0.227. The number of rotatable bonds is 7. The molecule has 0 unspecified atom stereocenters. The summed E-state index contributed by atoms with van der Waals surface area (Å²) in [6, 6.07) is 14.7. The SMILES string of the molecule is CCc1cccc(CC)c1Nc1nc(C)cc(Nc2cccc(C(=O)O)c2)n1. The molecule has 3 rings (SSSR count). The molecule has 0 aliphatic heterocycles. The molecule has 0 amide bonds. The van der Waals surface area contributed by atoms with Crippen LogP contribution in [0.1, 0.15) is 41.0 Å². The van der Waals surface area contributed by atoms with Gasteiger partial charge in [-0.05, 0) is 49.1 Å². The quantitative estimate of drug-likeness (QED) is 0.532. The van der Waals surface area contributed by atoms with Crippen molar-refractivity contribution in [3.8, 4) is 0 Å². The first-order valence-electron chi connectivity index (χ1n) is 9.34. The van der Waals surface area contributed by atoms with Crippen molar-refractivity contribution in [2.75, 3.05) is 10.6 Å². The van der Waals surface area contributed by atoms with Crippen LogP contribution < -0.4 is 10.6 Å². The molecule has 6 heteroatoms. The van der Waals surface area contributed by atoms with Crippen LogP contribution in [0.4, 0.5) is 23.1 Å². The van der Waals surface area contributed by atoms with Crippen LogP contribution in [0.15, 0.2) is 48.5 Å². The first-order valence-corrected chi connectivity index (χ1v) is 9.34. The standard InChI is InChI=1S/C22H24N4O2/c1-4-15-8-6-9-16(5-2)20(15)26-22-23-14(3)12-19(25-22)24-18-11-7-10-17(13-18)21(27)28/h6-13H,4-5H2,1-3H3,(H,27,28)(H2,23,24,25,26). The number of benzene rings is 2. The van der Waals surface area contributed by atoms with E-state index in [1.165, 1.54) is 11.1 Å². The van der Waals surface area contributed by atoms with Gasteiger partial charge in [-0.1, -0.05) is 38.1 Å². The smallest absolute Gasteiger partial charge is 0.335 e. The van der Waals surface area contributed by atoms with Crippen molar-refractivity contribution in [1.82, 2.24) is 9.97 Å². The molecule has 6 nitrogen and oxygen atoms in total. The molecule has 2 aromatic carbocycles. The Hall–Kier alpha value is -3.41. The Morgan fingerprint density at radius 2 is 1.64 bits per heavy atom. The van der Waals surface area contributed by atoms with E-state index in [-0.39, 0.29) is 5.56 Å². The van der Waals surface area contributed by atoms with Crippen LogP contribution >= 0.6 is 0 Å². The van der Waals surface area contributed by atoms with Gasteiger partial charge in [0.25, 0.3) is 0 Å². The first-order chi connectivity index (χ1) is 13.5. The minimum absolute atomic E-state index is 0.221. The lowest BCUT2D eigenvalue weighted by Gasteiger charge is -2.15. The van der Waals surface area contributed by atoms with Crippen molar-refractivity contribution in [1.29, 1.82) is 0 Å². The van der Waals surface area contributed by atoms with Crippen LogP contribution in [0.2, 0.25) is 0 Å². The minimum atomic E-state index is -0.965. The summed E-state index contributed by atoms with van der Waals surface area (Å²) >= 11 is 0. The number of hydrogen-bond acceptors (Lipinski definition) is 5. The Morgan fingerprint density at radius 1 is 0.964 bits per heavy atom. The van der Waals surface area contributed by atoms with Gasteiger partial charge >= 0.3 is 5.97 Å². The number of carboxylic acids is 1. The number of carboxylic acid groups (broad SMARTS) is 1. The topological polar surface area (TPSA) is 87.1 Å². The van der Waals surface area contributed by atoms with Crippen LogP contribution in [0.3, 0.4) is 0 Å². The van der Waals surface area contributed by atoms with Crippen LogP contribution in [0, 0.1) is 6.92 Å². The predicted octanol–water partition coefficient (Wildman–Crippen LogP) is 5.10. The second-order valence-corrected chi connectivity index (χ2v) is 6.51. The van der Waals surface area contributed by atoms with Crippen molar-refractivity contribution in [3.05, 3.63) is 70.9 Å². The molecular weight excluding hydrogens is 352 g/mol. The maximum atomic E-state index is 11.2. The molecule has 1 heterocycles. The van der Waals surface area contributed by atoms with E-state index in [1.54, 1.807) is 24.3 Å². The van der Waals surface area contributed by atoms with Crippen molar-refractivity contribution in [2.45, 2.75) is 33.6 Å². The summed E-state index contributed by atoms with van der Waals surface area (Å²) in [5.74, 6) is 0.144. The maximum Gasteiger partial charge on any atom is 0.335 e. The molecule has 0 spiro atoms. The number of aromatic carboxylic acids is 1. The lowest BCUT2D eigenvalue weighted by atomic mass is 10.0. The Balaban J connectivity index is 1.91. The Kier molecular flexibility index (Phi) is 5.89. The van der Waals surface area contributed by atoms with Gasteiger partial charge in [0.2, 0.25) is 5.95 Å². The second kappa shape index (κ2) is 8.52. The zero-order valence-electron chi connectivity index (χ0n) is 16.3. The summed E-state index contributed by atoms with van der Waals surface area (Å²) in [6.45, 7) is 6.15. The molecule has 0 fully saturated rings. The van der Waals surface area contributed by atoms with Gasteiger partial charge in [-0.3, -0.25) is 0 Å². The Morgan fingerprint density at radius 3 is 2.29 bits per heavy atom. The number of hydrogen-bond donors (Lipinski definition) is 3. The molecule has 28 heavy (non-hydrogen) atoms. The molecular formula is C22H24N4O2. The van der Waals surface area contributed by atoms with E-state index in [0.717, 1.165) is 24.2 Å².